The number of hydrogen-bond donors (Lipinski definition) is 1. The van der Waals surface area contributed by atoms with Crippen LogP contribution in [0, 0.1) is 0 Å². The van der Waals surface area contributed by atoms with E-state index in [4.69, 9.17) is 0 Å². The highest BCUT2D eigenvalue weighted by atomic mass is 32.2. The van der Waals surface area contributed by atoms with Crippen molar-refractivity contribution in [3.63, 3.8) is 0 Å². The number of fused-ring (bicyclic) bond motifs is 1. The first-order valence-corrected chi connectivity index (χ1v) is 8.39. The van der Waals surface area contributed by atoms with Crippen molar-refractivity contribution in [2.75, 3.05) is 32.7 Å². The van der Waals surface area contributed by atoms with Crippen LogP contribution in [-0.4, -0.2) is 42.9 Å². The summed E-state index contributed by atoms with van der Waals surface area (Å²) >= 11 is 2.03. The van der Waals surface area contributed by atoms with Crippen LogP contribution in [0.1, 0.15) is 25.8 Å². The number of hydrogen-bond acceptors (Lipinski definition) is 3. The molecule has 0 saturated carbocycles. The molecular formula is C16H26N2S. The fraction of sp³-hybridized carbons (Fsp3) is 0.625. The molecule has 0 spiro atoms. The van der Waals surface area contributed by atoms with Crippen molar-refractivity contribution in [3.8, 4) is 0 Å². The van der Waals surface area contributed by atoms with E-state index in [0.29, 0.717) is 0 Å². The maximum atomic E-state index is 3.62. The van der Waals surface area contributed by atoms with Crippen LogP contribution >= 0.6 is 11.8 Å². The SMILES string of the molecule is CCCN(CC)CCNCC1Cc2ccccc2S1. The van der Waals surface area contributed by atoms with Gasteiger partial charge in [0.1, 0.15) is 0 Å². The highest BCUT2D eigenvalue weighted by Crippen LogP contribution is 2.36. The number of likely N-dealkylation sites (N-methyl/N-ethyl adjacent to an activating group) is 1. The molecule has 1 aliphatic heterocycles. The van der Waals surface area contributed by atoms with Crippen LogP contribution in [0.3, 0.4) is 0 Å². The lowest BCUT2D eigenvalue weighted by atomic mass is 10.1. The molecule has 0 aromatic heterocycles. The molecule has 106 valence electrons. The van der Waals surface area contributed by atoms with Gasteiger partial charge in [0.25, 0.3) is 0 Å². The van der Waals surface area contributed by atoms with Gasteiger partial charge in [0.15, 0.2) is 0 Å². The van der Waals surface area contributed by atoms with Crippen molar-refractivity contribution in [1.82, 2.24) is 10.2 Å². The zero-order chi connectivity index (χ0) is 13.5. The van der Waals surface area contributed by atoms with Crippen LogP contribution in [0.25, 0.3) is 0 Å². The van der Waals surface area contributed by atoms with E-state index in [-0.39, 0.29) is 0 Å². The average Bonchev–Trinajstić information content (AvgIpc) is 2.85. The van der Waals surface area contributed by atoms with E-state index in [2.05, 4.69) is 48.3 Å². The van der Waals surface area contributed by atoms with Crippen LogP contribution in [-0.2, 0) is 6.42 Å². The summed E-state index contributed by atoms with van der Waals surface area (Å²) in [6.45, 7) is 10.3. The Hall–Kier alpha value is -0.510. The fourth-order valence-corrected chi connectivity index (χ4v) is 3.90. The largest absolute Gasteiger partial charge is 0.314 e. The third kappa shape index (κ3) is 4.51. The van der Waals surface area contributed by atoms with E-state index in [0.717, 1.165) is 18.3 Å². The molecule has 1 unspecified atom stereocenters. The lowest BCUT2D eigenvalue weighted by molar-refractivity contribution is 0.288. The van der Waals surface area contributed by atoms with E-state index in [1.54, 1.807) is 0 Å². The summed E-state index contributed by atoms with van der Waals surface area (Å²) in [5.74, 6) is 0. The van der Waals surface area contributed by atoms with E-state index < -0.39 is 0 Å². The lowest BCUT2D eigenvalue weighted by Crippen LogP contribution is -2.35. The van der Waals surface area contributed by atoms with Gasteiger partial charge >= 0.3 is 0 Å². The Morgan fingerprint density at radius 2 is 2.11 bits per heavy atom. The molecule has 1 aliphatic rings. The minimum absolute atomic E-state index is 0.721. The Kier molecular flexibility index (Phi) is 6.21. The predicted octanol–water partition coefficient (Wildman–Crippen LogP) is 3.02. The fourth-order valence-electron chi connectivity index (χ4n) is 2.61. The molecule has 0 saturated heterocycles. The normalized spacial score (nSPS) is 17.9. The Morgan fingerprint density at radius 1 is 1.26 bits per heavy atom. The number of nitrogens with zero attached hydrogens (tertiary/aromatic N) is 1. The summed E-state index contributed by atoms with van der Waals surface area (Å²) in [6, 6.07) is 8.81. The Morgan fingerprint density at radius 3 is 2.84 bits per heavy atom. The smallest absolute Gasteiger partial charge is 0.0260 e. The topological polar surface area (TPSA) is 15.3 Å². The van der Waals surface area contributed by atoms with Crippen LogP contribution in [0.4, 0.5) is 0 Å². The molecule has 0 radical (unpaired) electrons. The molecule has 0 bridgehead atoms. The molecule has 3 heteroatoms. The first-order chi connectivity index (χ1) is 9.33. The molecule has 1 aromatic rings. The van der Waals surface area contributed by atoms with E-state index in [9.17, 15) is 0 Å². The van der Waals surface area contributed by atoms with Crippen molar-refractivity contribution in [3.05, 3.63) is 29.8 Å². The summed E-state index contributed by atoms with van der Waals surface area (Å²) in [7, 11) is 0. The minimum atomic E-state index is 0.721. The molecule has 1 atom stereocenters. The third-order valence-electron chi connectivity index (χ3n) is 3.68. The summed E-state index contributed by atoms with van der Waals surface area (Å²) in [4.78, 5) is 4.00. The minimum Gasteiger partial charge on any atom is -0.314 e. The Bertz CT molecular complexity index is 356. The average molecular weight is 278 g/mol. The van der Waals surface area contributed by atoms with Crippen molar-refractivity contribution in [2.24, 2.45) is 0 Å². The maximum Gasteiger partial charge on any atom is 0.0260 e. The number of benzene rings is 1. The molecular weight excluding hydrogens is 252 g/mol. The van der Waals surface area contributed by atoms with Gasteiger partial charge in [0, 0.05) is 29.8 Å². The van der Waals surface area contributed by atoms with Gasteiger partial charge in [-0.1, -0.05) is 32.0 Å². The first kappa shape index (κ1) is 14.9. The molecule has 1 heterocycles. The molecule has 0 fully saturated rings. The third-order valence-corrected chi connectivity index (χ3v) is 5.00. The number of rotatable bonds is 8. The quantitative estimate of drug-likeness (QED) is 0.736. The van der Waals surface area contributed by atoms with Gasteiger partial charge in [0.05, 0.1) is 0 Å². The maximum absolute atomic E-state index is 3.62. The van der Waals surface area contributed by atoms with Gasteiger partial charge in [-0.05, 0) is 37.6 Å². The van der Waals surface area contributed by atoms with Crippen LogP contribution in [0.2, 0.25) is 0 Å². The highest BCUT2D eigenvalue weighted by molar-refractivity contribution is 8.00. The second kappa shape index (κ2) is 7.93. The first-order valence-electron chi connectivity index (χ1n) is 7.51. The summed E-state index contributed by atoms with van der Waals surface area (Å²) in [5.41, 5.74) is 1.53. The van der Waals surface area contributed by atoms with Gasteiger partial charge in [-0.25, -0.2) is 0 Å². The second-order valence-electron chi connectivity index (χ2n) is 5.19. The molecule has 19 heavy (non-hydrogen) atoms. The van der Waals surface area contributed by atoms with Crippen LogP contribution in [0.15, 0.2) is 29.2 Å². The number of thioether (sulfide) groups is 1. The summed E-state index contributed by atoms with van der Waals surface area (Å²) in [5, 5.41) is 4.34. The molecule has 1 aromatic carbocycles. The lowest BCUT2D eigenvalue weighted by Gasteiger charge is -2.20. The standard InChI is InChI=1S/C16H26N2S/c1-3-10-18(4-2)11-9-17-13-15-12-14-7-5-6-8-16(14)19-15/h5-8,15,17H,3-4,9-13H2,1-2H3. The number of nitrogens with one attached hydrogen (secondary N) is 1. The Labute approximate surface area is 122 Å². The van der Waals surface area contributed by atoms with E-state index >= 15 is 0 Å². The van der Waals surface area contributed by atoms with E-state index in [1.165, 1.54) is 42.9 Å². The molecule has 1 N–H and O–H groups in total. The molecule has 2 rings (SSSR count). The second-order valence-corrected chi connectivity index (χ2v) is 6.53. The van der Waals surface area contributed by atoms with E-state index in [1.807, 2.05) is 11.8 Å². The zero-order valence-electron chi connectivity index (χ0n) is 12.2. The monoisotopic (exact) mass is 278 g/mol. The van der Waals surface area contributed by atoms with Crippen molar-refractivity contribution >= 4 is 11.8 Å². The van der Waals surface area contributed by atoms with Crippen LogP contribution in [0.5, 0.6) is 0 Å². The summed E-state index contributed by atoms with van der Waals surface area (Å²) in [6.07, 6.45) is 2.47. The van der Waals surface area contributed by atoms with Crippen molar-refractivity contribution < 1.29 is 0 Å². The Balaban J connectivity index is 1.63. The summed E-state index contributed by atoms with van der Waals surface area (Å²) < 4.78 is 0. The van der Waals surface area contributed by atoms with Crippen molar-refractivity contribution in [2.45, 2.75) is 36.8 Å². The van der Waals surface area contributed by atoms with Gasteiger partial charge in [-0.3, -0.25) is 0 Å². The predicted molar refractivity (Wildman–Crippen MR) is 85.1 cm³/mol. The van der Waals surface area contributed by atoms with Gasteiger partial charge in [0.2, 0.25) is 0 Å². The molecule has 0 amide bonds. The van der Waals surface area contributed by atoms with Crippen molar-refractivity contribution in [1.29, 1.82) is 0 Å². The van der Waals surface area contributed by atoms with Gasteiger partial charge in [-0.15, -0.1) is 11.8 Å². The van der Waals surface area contributed by atoms with Gasteiger partial charge in [-0.2, -0.15) is 0 Å². The zero-order valence-corrected chi connectivity index (χ0v) is 13.0. The highest BCUT2D eigenvalue weighted by Gasteiger charge is 2.20. The molecule has 0 aliphatic carbocycles. The van der Waals surface area contributed by atoms with Crippen LogP contribution < -0.4 is 5.32 Å². The molecule has 2 nitrogen and oxygen atoms in total. The van der Waals surface area contributed by atoms with Gasteiger partial charge < -0.3 is 10.2 Å².